The standard InChI is InChI=1S/C21H26N2O3S/c1-15(17-8-6-5-7-9-17)13-22-27(25,26)18-10-11-20-19(12-18)21(3,4)14-23(20)16(2)24/h5-12,15,22H,13-14H2,1-4H3. The molecule has 0 aliphatic carbocycles. The molecule has 27 heavy (non-hydrogen) atoms. The van der Waals surface area contributed by atoms with Crippen LogP contribution >= 0.6 is 0 Å². The first-order chi connectivity index (χ1) is 12.6. The third-order valence-electron chi connectivity index (χ3n) is 5.18. The number of nitrogens with zero attached hydrogens (tertiary/aromatic N) is 1. The first-order valence-corrected chi connectivity index (χ1v) is 10.6. The number of nitrogens with one attached hydrogen (secondary N) is 1. The maximum atomic E-state index is 12.8. The van der Waals surface area contributed by atoms with Crippen molar-refractivity contribution in [2.75, 3.05) is 18.0 Å². The predicted molar refractivity (Wildman–Crippen MR) is 108 cm³/mol. The van der Waals surface area contributed by atoms with Gasteiger partial charge in [-0.2, -0.15) is 0 Å². The van der Waals surface area contributed by atoms with Crippen molar-refractivity contribution in [1.29, 1.82) is 0 Å². The van der Waals surface area contributed by atoms with Crippen molar-refractivity contribution in [3.8, 4) is 0 Å². The summed E-state index contributed by atoms with van der Waals surface area (Å²) in [5.74, 6) is 0.0345. The third kappa shape index (κ3) is 3.92. The lowest BCUT2D eigenvalue weighted by molar-refractivity contribution is -0.116. The molecule has 0 aromatic heterocycles. The van der Waals surface area contributed by atoms with Crippen LogP contribution in [0.1, 0.15) is 44.7 Å². The van der Waals surface area contributed by atoms with Gasteiger partial charge in [-0.15, -0.1) is 0 Å². The average molecular weight is 387 g/mol. The van der Waals surface area contributed by atoms with Gasteiger partial charge in [-0.1, -0.05) is 51.1 Å². The number of carbonyl (C=O) groups excluding carboxylic acids is 1. The van der Waals surface area contributed by atoms with Crippen LogP contribution in [0.25, 0.3) is 0 Å². The van der Waals surface area contributed by atoms with Crippen LogP contribution in [0.3, 0.4) is 0 Å². The zero-order valence-electron chi connectivity index (χ0n) is 16.2. The lowest BCUT2D eigenvalue weighted by atomic mass is 9.87. The summed E-state index contributed by atoms with van der Waals surface area (Å²) in [6, 6.07) is 14.8. The Bertz CT molecular complexity index is 953. The quantitative estimate of drug-likeness (QED) is 0.856. The Morgan fingerprint density at radius 1 is 1.19 bits per heavy atom. The number of rotatable bonds is 5. The Balaban J connectivity index is 1.83. The lowest BCUT2D eigenvalue weighted by Gasteiger charge is -2.19. The highest BCUT2D eigenvalue weighted by Crippen LogP contribution is 2.41. The van der Waals surface area contributed by atoms with Crippen molar-refractivity contribution >= 4 is 21.6 Å². The number of benzene rings is 2. The van der Waals surface area contributed by atoms with E-state index in [1.54, 1.807) is 23.1 Å². The molecule has 2 aromatic rings. The van der Waals surface area contributed by atoms with Gasteiger partial charge in [0, 0.05) is 31.1 Å². The Morgan fingerprint density at radius 3 is 2.48 bits per heavy atom. The minimum Gasteiger partial charge on any atom is -0.311 e. The van der Waals surface area contributed by atoms with Crippen molar-refractivity contribution < 1.29 is 13.2 Å². The molecule has 6 heteroatoms. The molecule has 1 amide bonds. The average Bonchev–Trinajstić information content (AvgIpc) is 2.91. The van der Waals surface area contributed by atoms with E-state index in [-0.39, 0.29) is 22.1 Å². The normalized spacial score (nSPS) is 16.8. The number of fused-ring (bicyclic) bond motifs is 1. The SMILES string of the molecule is CC(=O)N1CC(C)(C)c2cc(S(=O)(=O)NCC(C)c3ccccc3)ccc21. The Hall–Kier alpha value is -2.18. The fourth-order valence-corrected chi connectivity index (χ4v) is 4.68. The van der Waals surface area contributed by atoms with Crippen molar-refractivity contribution in [3.05, 3.63) is 59.7 Å². The van der Waals surface area contributed by atoms with Crippen LogP contribution in [0.15, 0.2) is 53.4 Å². The number of hydrogen-bond donors (Lipinski definition) is 1. The molecule has 1 aliphatic rings. The van der Waals surface area contributed by atoms with Crippen molar-refractivity contribution in [1.82, 2.24) is 4.72 Å². The second-order valence-electron chi connectivity index (χ2n) is 7.83. The van der Waals surface area contributed by atoms with E-state index in [0.29, 0.717) is 13.1 Å². The van der Waals surface area contributed by atoms with Gasteiger partial charge in [-0.3, -0.25) is 4.79 Å². The molecule has 1 N–H and O–H groups in total. The maximum Gasteiger partial charge on any atom is 0.240 e. The summed E-state index contributed by atoms with van der Waals surface area (Å²) < 4.78 is 28.3. The topological polar surface area (TPSA) is 66.5 Å². The van der Waals surface area contributed by atoms with Crippen LogP contribution in [-0.2, 0) is 20.2 Å². The molecular weight excluding hydrogens is 360 g/mol. The van der Waals surface area contributed by atoms with E-state index in [1.807, 2.05) is 51.1 Å². The maximum absolute atomic E-state index is 12.8. The molecule has 1 heterocycles. The van der Waals surface area contributed by atoms with E-state index in [2.05, 4.69) is 4.72 Å². The van der Waals surface area contributed by atoms with Gasteiger partial charge in [0.2, 0.25) is 15.9 Å². The fourth-order valence-electron chi connectivity index (χ4n) is 3.52. The summed E-state index contributed by atoms with van der Waals surface area (Å²) in [6.45, 7) is 8.45. The molecule has 0 saturated carbocycles. The van der Waals surface area contributed by atoms with Crippen LogP contribution in [0.2, 0.25) is 0 Å². The van der Waals surface area contributed by atoms with Crippen LogP contribution in [0.4, 0.5) is 5.69 Å². The van der Waals surface area contributed by atoms with Crippen molar-refractivity contribution in [3.63, 3.8) is 0 Å². The van der Waals surface area contributed by atoms with Gasteiger partial charge in [0.15, 0.2) is 0 Å². The van der Waals surface area contributed by atoms with Crippen LogP contribution < -0.4 is 9.62 Å². The van der Waals surface area contributed by atoms with Crippen molar-refractivity contribution in [2.24, 2.45) is 0 Å². The monoisotopic (exact) mass is 386 g/mol. The molecule has 0 saturated heterocycles. The van der Waals surface area contributed by atoms with Gasteiger partial charge in [0.1, 0.15) is 0 Å². The minimum atomic E-state index is -3.63. The zero-order chi connectivity index (χ0) is 19.8. The number of sulfonamides is 1. The van der Waals surface area contributed by atoms with Gasteiger partial charge < -0.3 is 4.90 Å². The van der Waals surface area contributed by atoms with Gasteiger partial charge >= 0.3 is 0 Å². The Labute approximate surface area is 161 Å². The van der Waals surface area contributed by atoms with E-state index in [9.17, 15) is 13.2 Å². The molecular formula is C21H26N2O3S. The van der Waals surface area contributed by atoms with E-state index >= 15 is 0 Å². The van der Waals surface area contributed by atoms with Gasteiger partial charge in [0.25, 0.3) is 0 Å². The molecule has 5 nitrogen and oxygen atoms in total. The number of carbonyl (C=O) groups is 1. The summed E-state index contributed by atoms with van der Waals surface area (Å²) >= 11 is 0. The van der Waals surface area contributed by atoms with Gasteiger partial charge in [-0.05, 0) is 35.2 Å². The van der Waals surface area contributed by atoms with E-state index in [0.717, 1.165) is 16.8 Å². The second kappa shape index (κ2) is 7.09. The summed E-state index contributed by atoms with van der Waals surface area (Å²) in [5.41, 5.74) is 2.48. The number of amides is 1. The first-order valence-electron chi connectivity index (χ1n) is 9.09. The third-order valence-corrected chi connectivity index (χ3v) is 6.60. The molecule has 144 valence electrons. The zero-order valence-corrected chi connectivity index (χ0v) is 17.0. The minimum absolute atomic E-state index is 0.0350. The van der Waals surface area contributed by atoms with E-state index in [1.165, 1.54) is 6.92 Å². The van der Waals surface area contributed by atoms with E-state index in [4.69, 9.17) is 0 Å². The molecule has 1 atom stereocenters. The molecule has 0 radical (unpaired) electrons. The highest BCUT2D eigenvalue weighted by Gasteiger charge is 2.37. The van der Waals surface area contributed by atoms with Crippen LogP contribution in [0.5, 0.6) is 0 Å². The largest absolute Gasteiger partial charge is 0.311 e. The summed E-state index contributed by atoms with van der Waals surface area (Å²) in [5, 5.41) is 0. The molecule has 0 bridgehead atoms. The molecule has 2 aromatic carbocycles. The molecule has 0 spiro atoms. The summed E-state index contributed by atoms with van der Waals surface area (Å²) in [6.07, 6.45) is 0. The Kier molecular flexibility index (Phi) is 5.14. The fraction of sp³-hybridized carbons (Fsp3) is 0.381. The van der Waals surface area contributed by atoms with Gasteiger partial charge in [0.05, 0.1) is 4.90 Å². The predicted octanol–water partition coefficient (Wildman–Crippen LogP) is 3.41. The second-order valence-corrected chi connectivity index (χ2v) is 9.60. The Morgan fingerprint density at radius 2 is 1.85 bits per heavy atom. The van der Waals surface area contributed by atoms with Gasteiger partial charge in [-0.25, -0.2) is 13.1 Å². The smallest absolute Gasteiger partial charge is 0.240 e. The van der Waals surface area contributed by atoms with Crippen LogP contribution in [0, 0.1) is 0 Å². The highest BCUT2D eigenvalue weighted by molar-refractivity contribution is 7.89. The molecule has 1 unspecified atom stereocenters. The molecule has 1 aliphatic heterocycles. The van der Waals surface area contributed by atoms with Crippen molar-refractivity contribution in [2.45, 2.75) is 43.9 Å². The molecule has 0 fully saturated rings. The summed E-state index contributed by atoms with van der Waals surface area (Å²) in [7, 11) is -3.63. The van der Waals surface area contributed by atoms with Crippen LogP contribution in [-0.4, -0.2) is 27.4 Å². The number of anilines is 1. The molecule has 3 rings (SSSR count). The number of hydrogen-bond acceptors (Lipinski definition) is 3. The highest BCUT2D eigenvalue weighted by atomic mass is 32.2. The first kappa shape index (κ1) is 19.6. The summed E-state index contributed by atoms with van der Waals surface area (Å²) in [4.78, 5) is 13.8. The lowest BCUT2D eigenvalue weighted by Crippen LogP contribution is -2.31. The van der Waals surface area contributed by atoms with E-state index < -0.39 is 10.0 Å².